The second-order valence-corrected chi connectivity index (χ2v) is 5.80. The Hall–Kier alpha value is -1.22. The minimum absolute atomic E-state index is 0.0200. The highest BCUT2D eigenvalue weighted by atomic mass is 16.3. The molecule has 3 N–H and O–H groups in total. The Kier molecular flexibility index (Phi) is 2.33. The molecule has 0 amide bonds. The first kappa shape index (κ1) is 10.9. The normalized spacial score (nSPS) is 26.1. The minimum Gasteiger partial charge on any atom is -0.504 e. The van der Waals surface area contributed by atoms with Crippen molar-refractivity contribution in [3.05, 3.63) is 23.3 Å². The molecule has 3 heteroatoms. The molecule has 1 aliphatic carbocycles. The van der Waals surface area contributed by atoms with E-state index in [9.17, 15) is 10.2 Å². The molecule has 1 saturated carbocycles. The van der Waals surface area contributed by atoms with Gasteiger partial charge in [0.1, 0.15) is 6.54 Å². The van der Waals surface area contributed by atoms with Gasteiger partial charge in [0.05, 0.1) is 13.6 Å². The van der Waals surface area contributed by atoms with Crippen molar-refractivity contribution in [1.82, 2.24) is 0 Å². The van der Waals surface area contributed by atoms with E-state index in [-0.39, 0.29) is 16.9 Å². The summed E-state index contributed by atoms with van der Waals surface area (Å²) in [5.41, 5.74) is 2.75. The van der Waals surface area contributed by atoms with Gasteiger partial charge in [-0.1, -0.05) is 12.8 Å². The van der Waals surface area contributed by atoms with E-state index in [1.807, 2.05) is 6.07 Å². The lowest BCUT2D eigenvalue weighted by atomic mass is 9.74. The fourth-order valence-corrected chi connectivity index (χ4v) is 3.82. The molecule has 1 spiro atoms. The number of benzene rings is 1. The maximum Gasteiger partial charge on any atom is 0.157 e. The zero-order valence-electron chi connectivity index (χ0n) is 10.3. The van der Waals surface area contributed by atoms with Gasteiger partial charge in [-0.05, 0) is 30.5 Å². The van der Waals surface area contributed by atoms with Crippen LogP contribution in [0.5, 0.6) is 11.5 Å². The first-order valence-corrected chi connectivity index (χ1v) is 6.47. The van der Waals surface area contributed by atoms with Crippen LogP contribution in [-0.4, -0.2) is 23.8 Å². The van der Waals surface area contributed by atoms with Crippen molar-refractivity contribution in [3.8, 4) is 11.5 Å². The molecule has 17 heavy (non-hydrogen) atoms. The number of likely N-dealkylation sites (N-methyl/N-ethyl adjacent to an activating group) is 1. The Morgan fingerprint density at radius 1 is 1.12 bits per heavy atom. The zero-order chi connectivity index (χ0) is 12.0. The second-order valence-electron chi connectivity index (χ2n) is 5.80. The summed E-state index contributed by atoms with van der Waals surface area (Å²) in [6.45, 7) is 2.11. The number of rotatable bonds is 0. The molecule has 0 radical (unpaired) electrons. The van der Waals surface area contributed by atoms with Gasteiger partial charge in [0.15, 0.2) is 11.5 Å². The Bertz CT molecular complexity index is 450. The van der Waals surface area contributed by atoms with Gasteiger partial charge >= 0.3 is 0 Å². The van der Waals surface area contributed by atoms with E-state index in [2.05, 4.69) is 7.05 Å². The Labute approximate surface area is 102 Å². The van der Waals surface area contributed by atoms with Crippen LogP contribution in [0, 0.1) is 0 Å². The molecule has 1 aliphatic heterocycles. The monoisotopic (exact) mass is 234 g/mol. The highest BCUT2D eigenvalue weighted by molar-refractivity contribution is 5.49. The van der Waals surface area contributed by atoms with Gasteiger partial charge in [0.2, 0.25) is 0 Å². The van der Waals surface area contributed by atoms with Crippen molar-refractivity contribution in [2.75, 3.05) is 13.6 Å². The van der Waals surface area contributed by atoms with E-state index in [0.717, 1.165) is 13.1 Å². The van der Waals surface area contributed by atoms with Crippen LogP contribution in [0.3, 0.4) is 0 Å². The lowest BCUT2D eigenvalue weighted by Crippen LogP contribution is -3.10. The summed E-state index contributed by atoms with van der Waals surface area (Å²) in [5.74, 6) is 0.0566. The van der Waals surface area contributed by atoms with Crippen LogP contribution < -0.4 is 4.90 Å². The van der Waals surface area contributed by atoms with Gasteiger partial charge in [0.25, 0.3) is 0 Å². The first-order chi connectivity index (χ1) is 8.11. The third-order valence-electron chi connectivity index (χ3n) is 4.46. The maximum absolute atomic E-state index is 9.73. The average molecular weight is 234 g/mol. The van der Waals surface area contributed by atoms with E-state index < -0.39 is 0 Å². The van der Waals surface area contributed by atoms with Crippen LogP contribution in [0.25, 0.3) is 0 Å². The molecule has 1 fully saturated rings. The van der Waals surface area contributed by atoms with Gasteiger partial charge in [0, 0.05) is 11.0 Å². The van der Waals surface area contributed by atoms with E-state index in [4.69, 9.17) is 0 Å². The van der Waals surface area contributed by atoms with Gasteiger partial charge in [-0.2, -0.15) is 0 Å². The number of fused-ring (bicyclic) bond motifs is 2. The molecule has 1 unspecified atom stereocenters. The van der Waals surface area contributed by atoms with Crippen LogP contribution in [0.1, 0.15) is 36.8 Å². The molecular weight excluding hydrogens is 214 g/mol. The van der Waals surface area contributed by atoms with Crippen LogP contribution in [-0.2, 0) is 12.0 Å². The summed E-state index contributed by atoms with van der Waals surface area (Å²) < 4.78 is 0. The lowest BCUT2D eigenvalue weighted by molar-refractivity contribution is -0.901. The molecular formula is C14H20NO2+. The van der Waals surface area contributed by atoms with Crippen molar-refractivity contribution >= 4 is 0 Å². The summed E-state index contributed by atoms with van der Waals surface area (Å²) >= 11 is 0. The molecule has 1 aromatic carbocycles. The number of phenolic OH excluding ortho intramolecular Hbond substituents is 2. The number of phenols is 2. The summed E-state index contributed by atoms with van der Waals surface area (Å²) in [7, 11) is 2.22. The summed E-state index contributed by atoms with van der Waals surface area (Å²) in [6, 6.07) is 3.57. The largest absolute Gasteiger partial charge is 0.504 e. The molecule has 1 atom stereocenters. The van der Waals surface area contributed by atoms with Gasteiger partial charge in [-0.25, -0.2) is 0 Å². The molecule has 92 valence electrons. The molecule has 1 heterocycles. The van der Waals surface area contributed by atoms with Crippen LogP contribution in [0.2, 0.25) is 0 Å². The van der Waals surface area contributed by atoms with Crippen molar-refractivity contribution in [2.24, 2.45) is 0 Å². The fourth-order valence-electron chi connectivity index (χ4n) is 3.82. The summed E-state index contributed by atoms with van der Waals surface area (Å²) in [4.78, 5) is 1.50. The fraction of sp³-hybridized carbons (Fsp3) is 0.571. The van der Waals surface area contributed by atoms with Crippen molar-refractivity contribution in [2.45, 2.75) is 37.6 Å². The van der Waals surface area contributed by atoms with Crippen molar-refractivity contribution in [1.29, 1.82) is 0 Å². The molecule has 0 aromatic heterocycles. The van der Waals surface area contributed by atoms with E-state index in [1.54, 1.807) is 6.07 Å². The predicted molar refractivity (Wildman–Crippen MR) is 65.4 cm³/mol. The van der Waals surface area contributed by atoms with Gasteiger partial charge < -0.3 is 15.1 Å². The smallest absolute Gasteiger partial charge is 0.157 e. The molecule has 1 aromatic rings. The number of hydrogen-bond donors (Lipinski definition) is 3. The summed E-state index contributed by atoms with van der Waals surface area (Å²) in [5, 5.41) is 19.4. The van der Waals surface area contributed by atoms with E-state index in [1.165, 1.54) is 41.7 Å². The Balaban J connectivity index is 2.15. The molecule has 3 nitrogen and oxygen atoms in total. The molecule has 3 rings (SSSR count). The quantitative estimate of drug-likeness (QED) is 0.585. The third kappa shape index (κ3) is 1.61. The van der Waals surface area contributed by atoms with Gasteiger partial charge in [-0.3, -0.25) is 0 Å². The third-order valence-corrected chi connectivity index (χ3v) is 4.46. The van der Waals surface area contributed by atoms with E-state index >= 15 is 0 Å². The van der Waals surface area contributed by atoms with Crippen molar-refractivity contribution in [3.63, 3.8) is 0 Å². The standard InChI is InChI=1S/C14H19NO2/c1-15-8-10-6-12(16)13(17)7-11(10)14(9-15)4-2-3-5-14/h6-7,16-17H,2-5,8-9H2,1H3/p+1. The van der Waals surface area contributed by atoms with Crippen LogP contribution in [0.15, 0.2) is 12.1 Å². The first-order valence-electron chi connectivity index (χ1n) is 6.47. The maximum atomic E-state index is 9.73. The highest BCUT2D eigenvalue weighted by Gasteiger charge is 2.43. The van der Waals surface area contributed by atoms with E-state index in [0.29, 0.717) is 0 Å². The van der Waals surface area contributed by atoms with Crippen molar-refractivity contribution < 1.29 is 15.1 Å². The number of hydrogen-bond acceptors (Lipinski definition) is 2. The Morgan fingerprint density at radius 3 is 2.47 bits per heavy atom. The van der Waals surface area contributed by atoms with Crippen LogP contribution in [0.4, 0.5) is 0 Å². The minimum atomic E-state index is 0.0200. The molecule has 0 saturated heterocycles. The highest BCUT2D eigenvalue weighted by Crippen LogP contribution is 2.45. The summed E-state index contributed by atoms with van der Waals surface area (Å²) in [6.07, 6.45) is 5.02. The molecule has 0 bridgehead atoms. The zero-order valence-corrected chi connectivity index (χ0v) is 10.3. The number of aromatic hydroxyl groups is 2. The molecule has 2 aliphatic rings. The van der Waals surface area contributed by atoms with Crippen LogP contribution >= 0.6 is 0 Å². The second kappa shape index (κ2) is 3.64. The van der Waals surface area contributed by atoms with Gasteiger partial charge in [-0.15, -0.1) is 0 Å². The number of quaternary nitrogens is 1. The number of nitrogens with one attached hydrogen (secondary N) is 1. The SMILES string of the molecule is C[NH+]1Cc2cc(O)c(O)cc2C2(CCCC2)C1. The topological polar surface area (TPSA) is 44.9 Å². The predicted octanol–water partition coefficient (Wildman–Crippen LogP) is 0.938. The lowest BCUT2D eigenvalue weighted by Gasteiger charge is -2.38. The average Bonchev–Trinajstić information content (AvgIpc) is 2.70. The Morgan fingerprint density at radius 2 is 1.76 bits per heavy atom.